The Balaban J connectivity index is 1.89. The largest absolute Gasteiger partial charge is 0.368 e. The quantitative estimate of drug-likeness (QED) is 0.916. The van der Waals surface area contributed by atoms with E-state index in [0.717, 1.165) is 43.7 Å². The third kappa shape index (κ3) is 3.43. The molecule has 100 valence electrons. The Kier molecular flexibility index (Phi) is 4.97. The lowest BCUT2D eigenvalue weighted by atomic mass is 10.1. The summed E-state index contributed by atoms with van der Waals surface area (Å²) in [5.74, 6) is 0.587. The zero-order chi connectivity index (χ0) is 13.0. The fourth-order valence-electron chi connectivity index (χ4n) is 2.31. The highest BCUT2D eigenvalue weighted by atomic mass is 79.9. The molecule has 2 rings (SSSR count). The van der Waals surface area contributed by atoms with Crippen LogP contribution in [-0.4, -0.2) is 49.2 Å². The van der Waals surface area contributed by atoms with Crippen LogP contribution in [-0.2, 0) is 0 Å². The summed E-state index contributed by atoms with van der Waals surface area (Å²) >= 11 is 3.56. The molecule has 18 heavy (non-hydrogen) atoms. The smallest absolute Gasteiger partial charge is 0.0592 e. The monoisotopic (exact) mass is 312 g/mol. The lowest BCUT2D eigenvalue weighted by Crippen LogP contribution is -2.48. The Morgan fingerprint density at radius 1 is 1.39 bits per heavy atom. The highest BCUT2D eigenvalue weighted by Gasteiger charge is 2.19. The van der Waals surface area contributed by atoms with Gasteiger partial charge in [0.15, 0.2) is 0 Å². The molecule has 1 atom stereocenters. The first-order valence-electron chi connectivity index (χ1n) is 6.47. The molecule has 1 aliphatic rings. The van der Waals surface area contributed by atoms with Gasteiger partial charge in [-0.3, -0.25) is 9.88 Å². The maximum absolute atomic E-state index is 5.68. The maximum atomic E-state index is 5.68. The molecule has 1 aliphatic heterocycles. The Hall–Kier alpha value is -0.650. The number of hydrogen-bond acceptors (Lipinski definition) is 4. The van der Waals surface area contributed by atoms with E-state index in [2.05, 4.69) is 43.7 Å². The minimum atomic E-state index is 0.587. The maximum Gasteiger partial charge on any atom is 0.0592 e. The Morgan fingerprint density at radius 3 is 2.72 bits per heavy atom. The highest BCUT2D eigenvalue weighted by molar-refractivity contribution is 9.10. The van der Waals surface area contributed by atoms with Gasteiger partial charge < -0.3 is 10.6 Å². The molecule has 1 unspecified atom stereocenters. The predicted molar refractivity (Wildman–Crippen MR) is 78.8 cm³/mol. The molecular formula is C13H21BrN4. The van der Waals surface area contributed by atoms with Crippen LogP contribution in [0, 0.1) is 5.92 Å². The molecule has 0 bridgehead atoms. The molecular weight excluding hydrogens is 292 g/mol. The summed E-state index contributed by atoms with van der Waals surface area (Å²) in [6.45, 7) is 8.46. The molecule has 5 heteroatoms. The molecule has 1 fully saturated rings. The first-order chi connectivity index (χ1) is 8.70. The zero-order valence-corrected chi connectivity index (χ0v) is 12.4. The molecule has 0 saturated carbocycles. The van der Waals surface area contributed by atoms with Gasteiger partial charge in [-0.15, -0.1) is 0 Å². The van der Waals surface area contributed by atoms with E-state index >= 15 is 0 Å². The van der Waals surface area contributed by atoms with E-state index in [0.29, 0.717) is 5.92 Å². The topological polar surface area (TPSA) is 45.4 Å². The third-order valence-corrected chi connectivity index (χ3v) is 4.05. The van der Waals surface area contributed by atoms with E-state index in [4.69, 9.17) is 5.73 Å². The Morgan fingerprint density at radius 2 is 2.11 bits per heavy atom. The van der Waals surface area contributed by atoms with Crippen molar-refractivity contribution in [3.63, 3.8) is 0 Å². The van der Waals surface area contributed by atoms with Crippen molar-refractivity contribution in [3.05, 3.63) is 22.9 Å². The van der Waals surface area contributed by atoms with Gasteiger partial charge in [0, 0.05) is 45.1 Å². The SMILES string of the molecule is CC(CN)CN1CCN(c2ccncc2Br)CC1. The van der Waals surface area contributed by atoms with Crippen molar-refractivity contribution in [3.8, 4) is 0 Å². The molecule has 0 aliphatic carbocycles. The summed E-state index contributed by atoms with van der Waals surface area (Å²) in [5.41, 5.74) is 6.92. The number of anilines is 1. The van der Waals surface area contributed by atoms with Gasteiger partial charge in [-0.1, -0.05) is 6.92 Å². The first kappa shape index (κ1) is 13.8. The summed E-state index contributed by atoms with van der Waals surface area (Å²) < 4.78 is 1.08. The van der Waals surface area contributed by atoms with Crippen molar-refractivity contribution in [1.29, 1.82) is 0 Å². The number of nitrogens with two attached hydrogens (primary N) is 1. The Bertz CT molecular complexity index is 377. The van der Waals surface area contributed by atoms with Crippen molar-refractivity contribution in [1.82, 2.24) is 9.88 Å². The number of hydrogen-bond donors (Lipinski definition) is 1. The summed E-state index contributed by atoms with van der Waals surface area (Å²) in [7, 11) is 0. The van der Waals surface area contributed by atoms with Crippen molar-refractivity contribution in [2.45, 2.75) is 6.92 Å². The van der Waals surface area contributed by atoms with E-state index < -0.39 is 0 Å². The number of halogens is 1. The number of pyridine rings is 1. The van der Waals surface area contributed by atoms with Crippen molar-refractivity contribution < 1.29 is 0 Å². The average Bonchev–Trinajstić information content (AvgIpc) is 2.40. The standard InChI is InChI=1S/C13H21BrN4/c1-11(8-15)10-17-4-6-18(7-5-17)13-2-3-16-9-12(13)14/h2-3,9,11H,4-8,10,15H2,1H3. The van der Waals surface area contributed by atoms with Gasteiger partial charge in [-0.2, -0.15) is 0 Å². The van der Waals surface area contributed by atoms with Crippen LogP contribution >= 0.6 is 15.9 Å². The second-order valence-electron chi connectivity index (χ2n) is 4.96. The molecule has 0 amide bonds. The van der Waals surface area contributed by atoms with E-state index in [9.17, 15) is 0 Å². The lowest BCUT2D eigenvalue weighted by Gasteiger charge is -2.37. The summed E-state index contributed by atoms with van der Waals surface area (Å²) in [4.78, 5) is 9.02. The van der Waals surface area contributed by atoms with Crippen LogP contribution in [0.25, 0.3) is 0 Å². The zero-order valence-electron chi connectivity index (χ0n) is 10.8. The fourth-order valence-corrected chi connectivity index (χ4v) is 2.81. The van der Waals surface area contributed by atoms with Crippen LogP contribution in [0.5, 0.6) is 0 Å². The van der Waals surface area contributed by atoms with Crippen molar-refractivity contribution in [2.24, 2.45) is 11.7 Å². The van der Waals surface area contributed by atoms with Gasteiger partial charge in [0.2, 0.25) is 0 Å². The summed E-state index contributed by atoms with van der Waals surface area (Å²) in [6, 6.07) is 2.07. The normalized spacial score (nSPS) is 18.9. The number of rotatable bonds is 4. The van der Waals surface area contributed by atoms with Gasteiger partial charge in [-0.25, -0.2) is 0 Å². The van der Waals surface area contributed by atoms with Crippen LogP contribution in [0.1, 0.15) is 6.92 Å². The number of nitrogens with zero attached hydrogens (tertiary/aromatic N) is 3. The summed E-state index contributed by atoms with van der Waals surface area (Å²) in [6.07, 6.45) is 3.71. The molecule has 1 aromatic heterocycles. The van der Waals surface area contributed by atoms with Gasteiger partial charge in [0.1, 0.15) is 0 Å². The fraction of sp³-hybridized carbons (Fsp3) is 0.615. The second kappa shape index (κ2) is 6.50. The average molecular weight is 313 g/mol. The van der Waals surface area contributed by atoms with Crippen LogP contribution < -0.4 is 10.6 Å². The third-order valence-electron chi connectivity index (χ3n) is 3.44. The molecule has 2 N–H and O–H groups in total. The molecule has 0 radical (unpaired) electrons. The molecule has 2 heterocycles. The predicted octanol–water partition coefficient (Wildman–Crippen LogP) is 1.56. The van der Waals surface area contributed by atoms with E-state index in [1.54, 1.807) is 0 Å². The molecule has 1 aromatic rings. The Labute approximate surface area is 117 Å². The highest BCUT2D eigenvalue weighted by Crippen LogP contribution is 2.25. The van der Waals surface area contributed by atoms with Crippen LogP contribution in [0.15, 0.2) is 22.9 Å². The second-order valence-corrected chi connectivity index (χ2v) is 5.81. The van der Waals surface area contributed by atoms with Crippen LogP contribution in [0.4, 0.5) is 5.69 Å². The minimum Gasteiger partial charge on any atom is -0.368 e. The molecule has 4 nitrogen and oxygen atoms in total. The molecule has 0 spiro atoms. The molecule has 1 saturated heterocycles. The number of aromatic nitrogens is 1. The van der Waals surface area contributed by atoms with Gasteiger partial charge in [-0.05, 0) is 34.5 Å². The van der Waals surface area contributed by atoms with E-state index in [1.807, 2.05) is 12.4 Å². The van der Waals surface area contributed by atoms with E-state index in [-0.39, 0.29) is 0 Å². The van der Waals surface area contributed by atoms with Crippen LogP contribution in [0.2, 0.25) is 0 Å². The van der Waals surface area contributed by atoms with Crippen LogP contribution in [0.3, 0.4) is 0 Å². The van der Waals surface area contributed by atoms with Gasteiger partial charge in [0.05, 0.1) is 10.2 Å². The van der Waals surface area contributed by atoms with Gasteiger partial charge in [0.25, 0.3) is 0 Å². The summed E-state index contributed by atoms with van der Waals surface area (Å²) in [5, 5.41) is 0. The van der Waals surface area contributed by atoms with Gasteiger partial charge >= 0.3 is 0 Å². The van der Waals surface area contributed by atoms with Crippen molar-refractivity contribution in [2.75, 3.05) is 44.2 Å². The van der Waals surface area contributed by atoms with E-state index in [1.165, 1.54) is 5.69 Å². The lowest BCUT2D eigenvalue weighted by molar-refractivity contribution is 0.227. The van der Waals surface area contributed by atoms with Crippen molar-refractivity contribution >= 4 is 21.6 Å². The minimum absolute atomic E-state index is 0.587. The number of piperazine rings is 1. The molecule has 0 aromatic carbocycles. The first-order valence-corrected chi connectivity index (χ1v) is 7.27.